The summed E-state index contributed by atoms with van der Waals surface area (Å²) in [5.74, 6) is 1.86. The fourth-order valence-corrected chi connectivity index (χ4v) is 2.79. The van der Waals surface area contributed by atoms with E-state index in [2.05, 4.69) is 46.6 Å². The second kappa shape index (κ2) is 7.62. The molecule has 6 heteroatoms. The van der Waals surface area contributed by atoms with Crippen LogP contribution in [0.25, 0.3) is 0 Å². The van der Waals surface area contributed by atoms with Gasteiger partial charge in [0.05, 0.1) is 12.1 Å². The Bertz CT molecular complexity index is 943. The number of ether oxygens (including phenoxy) is 1. The highest BCUT2D eigenvalue weighted by molar-refractivity contribution is 6.32. The van der Waals surface area contributed by atoms with Gasteiger partial charge in [-0.3, -0.25) is 0 Å². The molecule has 0 bridgehead atoms. The van der Waals surface area contributed by atoms with Crippen LogP contribution in [0.2, 0.25) is 5.02 Å². The number of aromatic nitrogens is 2. The molecule has 2 N–H and O–H groups in total. The zero-order valence-electron chi connectivity index (χ0n) is 15.2. The van der Waals surface area contributed by atoms with E-state index in [0.717, 1.165) is 17.1 Å². The molecule has 0 unspecified atom stereocenters. The minimum atomic E-state index is 0.537. The Morgan fingerprint density at radius 2 is 1.58 bits per heavy atom. The van der Waals surface area contributed by atoms with Gasteiger partial charge in [-0.2, -0.15) is 4.98 Å². The van der Waals surface area contributed by atoms with Gasteiger partial charge in [-0.15, -0.1) is 0 Å². The Balaban J connectivity index is 1.83. The fraction of sp³-hybridized carbons (Fsp3) is 0.200. The summed E-state index contributed by atoms with van der Waals surface area (Å²) in [5, 5.41) is 7.05. The van der Waals surface area contributed by atoms with Crippen LogP contribution in [0.4, 0.5) is 23.1 Å². The van der Waals surface area contributed by atoms with Crippen molar-refractivity contribution in [2.45, 2.75) is 20.8 Å². The quantitative estimate of drug-likeness (QED) is 0.618. The SMILES string of the molecule is COc1ccc(Nc2cc(C)nc(Nc3ccc(C)c(C)c3)n2)cc1Cl. The summed E-state index contributed by atoms with van der Waals surface area (Å²) in [6, 6.07) is 13.6. The van der Waals surface area contributed by atoms with Crippen LogP contribution in [0.15, 0.2) is 42.5 Å². The molecule has 0 fully saturated rings. The highest BCUT2D eigenvalue weighted by Gasteiger charge is 2.06. The van der Waals surface area contributed by atoms with Crippen molar-refractivity contribution < 1.29 is 4.74 Å². The molecule has 1 heterocycles. The van der Waals surface area contributed by atoms with Crippen molar-refractivity contribution in [3.8, 4) is 5.75 Å². The zero-order valence-corrected chi connectivity index (χ0v) is 16.0. The van der Waals surface area contributed by atoms with Gasteiger partial charge in [0, 0.05) is 23.1 Å². The maximum Gasteiger partial charge on any atom is 0.229 e. The predicted molar refractivity (Wildman–Crippen MR) is 107 cm³/mol. The molecule has 0 aliphatic carbocycles. The summed E-state index contributed by atoms with van der Waals surface area (Å²) in [5.41, 5.74) is 5.10. The summed E-state index contributed by atoms with van der Waals surface area (Å²) >= 11 is 6.18. The van der Waals surface area contributed by atoms with Crippen molar-refractivity contribution in [3.05, 3.63) is 64.3 Å². The van der Waals surface area contributed by atoms with Crippen LogP contribution in [-0.4, -0.2) is 17.1 Å². The number of halogens is 1. The van der Waals surface area contributed by atoms with E-state index in [4.69, 9.17) is 16.3 Å². The molecule has 0 atom stereocenters. The lowest BCUT2D eigenvalue weighted by molar-refractivity contribution is 0.415. The number of aryl methyl sites for hydroxylation is 3. The largest absolute Gasteiger partial charge is 0.495 e. The normalized spacial score (nSPS) is 10.5. The Labute approximate surface area is 158 Å². The van der Waals surface area contributed by atoms with Gasteiger partial charge < -0.3 is 15.4 Å². The van der Waals surface area contributed by atoms with E-state index in [9.17, 15) is 0 Å². The molecule has 0 spiro atoms. The van der Waals surface area contributed by atoms with Gasteiger partial charge in [0.25, 0.3) is 0 Å². The van der Waals surface area contributed by atoms with E-state index < -0.39 is 0 Å². The molecule has 26 heavy (non-hydrogen) atoms. The standard InChI is InChI=1S/C20H21ClN4O/c1-12-5-6-15(9-13(12)2)24-20-22-14(3)10-19(25-20)23-16-7-8-18(26-4)17(21)11-16/h5-11H,1-4H3,(H2,22,23,24,25). The minimum Gasteiger partial charge on any atom is -0.495 e. The van der Waals surface area contributed by atoms with Crippen LogP contribution in [0.1, 0.15) is 16.8 Å². The lowest BCUT2D eigenvalue weighted by atomic mass is 10.1. The third-order valence-electron chi connectivity index (χ3n) is 4.04. The van der Waals surface area contributed by atoms with Crippen LogP contribution in [0.5, 0.6) is 5.75 Å². The number of methoxy groups -OCH3 is 1. The molecule has 0 saturated carbocycles. The number of nitrogens with one attached hydrogen (secondary N) is 2. The van der Waals surface area contributed by atoms with E-state index in [1.54, 1.807) is 13.2 Å². The maximum absolute atomic E-state index is 6.18. The number of benzene rings is 2. The summed E-state index contributed by atoms with van der Waals surface area (Å²) in [4.78, 5) is 9.00. The van der Waals surface area contributed by atoms with E-state index in [1.807, 2.05) is 31.2 Å². The van der Waals surface area contributed by atoms with E-state index in [-0.39, 0.29) is 0 Å². The molecule has 0 aliphatic heterocycles. The van der Waals surface area contributed by atoms with Crippen LogP contribution in [0, 0.1) is 20.8 Å². The van der Waals surface area contributed by atoms with E-state index in [0.29, 0.717) is 22.5 Å². The lowest BCUT2D eigenvalue weighted by Gasteiger charge is -2.12. The molecule has 0 amide bonds. The van der Waals surface area contributed by atoms with Gasteiger partial charge in [0.15, 0.2) is 0 Å². The van der Waals surface area contributed by atoms with E-state index in [1.165, 1.54) is 11.1 Å². The molecule has 134 valence electrons. The molecule has 3 rings (SSSR count). The Kier molecular flexibility index (Phi) is 5.28. The summed E-state index contributed by atoms with van der Waals surface area (Å²) in [7, 11) is 1.59. The first kappa shape index (κ1) is 18.0. The van der Waals surface area contributed by atoms with Gasteiger partial charge >= 0.3 is 0 Å². The van der Waals surface area contributed by atoms with Gasteiger partial charge in [-0.25, -0.2) is 4.98 Å². The Morgan fingerprint density at radius 3 is 2.27 bits per heavy atom. The lowest BCUT2D eigenvalue weighted by Crippen LogP contribution is -2.02. The molecular formula is C20H21ClN4O. The average Bonchev–Trinajstić information content (AvgIpc) is 2.58. The first-order valence-corrected chi connectivity index (χ1v) is 8.63. The Morgan fingerprint density at radius 1 is 0.846 bits per heavy atom. The smallest absolute Gasteiger partial charge is 0.229 e. The predicted octanol–water partition coefficient (Wildman–Crippen LogP) is 5.55. The summed E-state index contributed by atoms with van der Waals surface area (Å²) in [6.07, 6.45) is 0. The molecule has 0 radical (unpaired) electrons. The number of nitrogens with zero attached hydrogens (tertiary/aromatic N) is 2. The third kappa shape index (κ3) is 4.24. The van der Waals surface area contributed by atoms with Crippen molar-refractivity contribution in [2.24, 2.45) is 0 Å². The maximum atomic E-state index is 6.18. The van der Waals surface area contributed by atoms with Crippen molar-refractivity contribution in [3.63, 3.8) is 0 Å². The van der Waals surface area contributed by atoms with Gasteiger partial charge in [-0.05, 0) is 62.2 Å². The zero-order chi connectivity index (χ0) is 18.7. The highest BCUT2D eigenvalue weighted by atomic mass is 35.5. The molecule has 3 aromatic rings. The summed E-state index contributed by atoms with van der Waals surface area (Å²) < 4.78 is 5.18. The molecule has 5 nitrogen and oxygen atoms in total. The van der Waals surface area contributed by atoms with Crippen molar-refractivity contribution >= 4 is 34.7 Å². The van der Waals surface area contributed by atoms with Crippen molar-refractivity contribution in [2.75, 3.05) is 17.7 Å². The first-order chi connectivity index (χ1) is 12.4. The van der Waals surface area contributed by atoms with Crippen LogP contribution in [0.3, 0.4) is 0 Å². The van der Waals surface area contributed by atoms with Gasteiger partial charge in [0.1, 0.15) is 11.6 Å². The summed E-state index contributed by atoms with van der Waals surface area (Å²) in [6.45, 7) is 6.10. The molecule has 1 aromatic heterocycles. The number of anilines is 4. The first-order valence-electron chi connectivity index (χ1n) is 8.25. The molecule has 2 aromatic carbocycles. The minimum absolute atomic E-state index is 0.537. The Hall–Kier alpha value is -2.79. The molecule has 0 aliphatic rings. The van der Waals surface area contributed by atoms with Crippen LogP contribution < -0.4 is 15.4 Å². The van der Waals surface area contributed by atoms with Crippen LogP contribution in [-0.2, 0) is 0 Å². The molecular weight excluding hydrogens is 348 g/mol. The fourth-order valence-electron chi connectivity index (χ4n) is 2.53. The highest BCUT2D eigenvalue weighted by Crippen LogP contribution is 2.29. The van der Waals surface area contributed by atoms with Crippen molar-refractivity contribution in [1.29, 1.82) is 0 Å². The van der Waals surface area contributed by atoms with Crippen LogP contribution >= 0.6 is 11.6 Å². The average molecular weight is 369 g/mol. The van der Waals surface area contributed by atoms with E-state index >= 15 is 0 Å². The van der Waals surface area contributed by atoms with Crippen molar-refractivity contribution in [1.82, 2.24) is 9.97 Å². The second-order valence-electron chi connectivity index (χ2n) is 6.12. The number of rotatable bonds is 5. The third-order valence-corrected chi connectivity index (χ3v) is 4.34. The topological polar surface area (TPSA) is 59.1 Å². The number of hydrogen-bond donors (Lipinski definition) is 2. The monoisotopic (exact) mass is 368 g/mol. The number of hydrogen-bond acceptors (Lipinski definition) is 5. The second-order valence-corrected chi connectivity index (χ2v) is 6.52. The van der Waals surface area contributed by atoms with Gasteiger partial charge in [-0.1, -0.05) is 17.7 Å². The molecule has 0 saturated heterocycles. The van der Waals surface area contributed by atoms with Gasteiger partial charge in [0.2, 0.25) is 5.95 Å².